The Hall–Kier alpha value is -3.38. The van der Waals surface area contributed by atoms with Crippen molar-refractivity contribution in [1.82, 2.24) is 0 Å². The quantitative estimate of drug-likeness (QED) is 0.0740. The van der Waals surface area contributed by atoms with Crippen molar-refractivity contribution in [2.45, 2.75) is 37.9 Å². The van der Waals surface area contributed by atoms with Gasteiger partial charge >= 0.3 is 23.9 Å². The molecule has 1 aromatic carbocycles. The fourth-order valence-corrected chi connectivity index (χ4v) is 3.30. The molecule has 0 N–H and O–H groups in total. The lowest BCUT2D eigenvalue weighted by Crippen LogP contribution is -2.13. The van der Waals surface area contributed by atoms with Gasteiger partial charge < -0.3 is 18.9 Å². The molecule has 0 bridgehead atoms. The van der Waals surface area contributed by atoms with Gasteiger partial charge in [-0.2, -0.15) is 0 Å². The third-order valence-electron chi connectivity index (χ3n) is 4.32. The van der Waals surface area contributed by atoms with Crippen molar-refractivity contribution in [3.05, 3.63) is 60.7 Å². The maximum atomic E-state index is 12.0. The van der Waals surface area contributed by atoms with Gasteiger partial charge in [-0.25, -0.2) is 9.59 Å². The van der Waals surface area contributed by atoms with E-state index in [1.54, 1.807) is 0 Å². The number of thiol groups is 1. The van der Waals surface area contributed by atoms with Gasteiger partial charge in [0.2, 0.25) is 0 Å². The zero-order valence-corrected chi connectivity index (χ0v) is 22.7. The monoisotopic (exact) mass is 568 g/mol. The van der Waals surface area contributed by atoms with E-state index in [9.17, 15) is 24.0 Å². The van der Waals surface area contributed by atoms with Crippen LogP contribution in [0.4, 0.5) is 0 Å². The number of hydrogen-bond donors (Lipinski definition) is 1. The van der Waals surface area contributed by atoms with E-state index in [0.717, 1.165) is 35.0 Å². The first-order valence-corrected chi connectivity index (χ1v) is 13.0. The predicted octanol–water partition coefficient (Wildman–Crippen LogP) is 3.20. The highest BCUT2D eigenvalue weighted by Crippen LogP contribution is 2.17. The molecule has 0 aromatic heterocycles. The minimum atomic E-state index is -0.595. The molecule has 0 saturated carbocycles. The minimum absolute atomic E-state index is 0.00230. The molecule has 0 aliphatic rings. The highest BCUT2D eigenvalue weighted by Gasteiger charge is 2.10. The first kappa shape index (κ1) is 34.6. The number of ether oxygens (including phenoxy) is 4. The molecule has 1 aromatic rings. The van der Waals surface area contributed by atoms with Crippen LogP contribution in [0.3, 0.4) is 0 Å². The molecule has 0 aliphatic heterocycles. The summed E-state index contributed by atoms with van der Waals surface area (Å²) in [6.45, 7) is 6.40. The summed E-state index contributed by atoms with van der Waals surface area (Å²) in [6, 6.07) is 7.72. The number of rotatable bonds is 17. The van der Waals surface area contributed by atoms with Crippen molar-refractivity contribution in [3.63, 3.8) is 0 Å². The van der Waals surface area contributed by atoms with Crippen LogP contribution in [0.15, 0.2) is 49.6 Å². The van der Waals surface area contributed by atoms with Crippen LogP contribution in [0, 0.1) is 0 Å². The van der Waals surface area contributed by atoms with Gasteiger partial charge in [0.15, 0.2) is 10.7 Å². The summed E-state index contributed by atoms with van der Waals surface area (Å²) in [5, 5.41) is -0.123. The topological polar surface area (TPSA) is 139 Å². The second-order valence-corrected chi connectivity index (χ2v) is 8.36. The van der Waals surface area contributed by atoms with Gasteiger partial charge in [0.05, 0.1) is 6.42 Å². The number of carbonyl (C=O) groups is 6. The van der Waals surface area contributed by atoms with Crippen LogP contribution in [-0.4, -0.2) is 61.0 Å². The molecule has 0 saturated heterocycles. The summed E-state index contributed by atoms with van der Waals surface area (Å²) in [5.74, 6) is -1.56. The maximum Gasteiger partial charge on any atom is 0.330 e. The highest BCUT2D eigenvalue weighted by molar-refractivity contribution is 8.12. The van der Waals surface area contributed by atoms with Crippen molar-refractivity contribution < 1.29 is 47.7 Å². The molecule has 0 aliphatic carbocycles. The van der Waals surface area contributed by atoms with E-state index in [-0.39, 0.29) is 56.8 Å². The summed E-state index contributed by atoms with van der Waals surface area (Å²) >= 11 is 4.23. The Morgan fingerprint density at radius 1 is 0.737 bits per heavy atom. The Morgan fingerprint density at radius 3 is 1.68 bits per heavy atom. The molecule has 0 unspecified atom stereocenters. The van der Waals surface area contributed by atoms with Crippen molar-refractivity contribution in [3.8, 4) is 0 Å². The molecule has 1 rings (SSSR count). The van der Waals surface area contributed by atoms with Crippen LogP contribution in [0.2, 0.25) is 0 Å². The lowest BCUT2D eigenvalue weighted by molar-refractivity contribution is -0.150. The minimum Gasteiger partial charge on any atom is -0.462 e. The van der Waals surface area contributed by atoms with Gasteiger partial charge in [-0.05, 0) is 24.0 Å². The molecule has 10 nitrogen and oxygen atoms in total. The van der Waals surface area contributed by atoms with E-state index in [1.165, 1.54) is 0 Å². The second kappa shape index (κ2) is 22.8. The Labute approximate surface area is 231 Å². The molecule has 0 heterocycles. The molecular formula is C26H32O10S2. The molecule has 0 radical (unpaired) electrons. The molecule has 0 atom stereocenters. The van der Waals surface area contributed by atoms with E-state index in [0.29, 0.717) is 24.2 Å². The summed E-state index contributed by atoms with van der Waals surface area (Å²) in [6.07, 6.45) is 3.64. The van der Waals surface area contributed by atoms with Crippen LogP contribution < -0.4 is 0 Å². The molecule has 0 amide bonds. The average Bonchev–Trinajstić information content (AvgIpc) is 2.91. The van der Waals surface area contributed by atoms with Gasteiger partial charge in [0, 0.05) is 30.7 Å². The molecule has 38 heavy (non-hydrogen) atoms. The number of carbonyl (C=O) groups excluding carboxylic acids is 6. The Kier molecular flexibility index (Phi) is 20.8. The van der Waals surface area contributed by atoms with Crippen molar-refractivity contribution in [2.24, 2.45) is 0 Å². The first-order valence-electron chi connectivity index (χ1n) is 11.5. The standard InChI is InChI=1S/C25H30O9S.CH2OS/c1-3-21(26)31-14-16-33-23(28)7-5-6-19-8-10-20(11-9-19)18-35-25(30)13-12-24(29)34-17-15-32-22(27)4-2;2-1-3/h3-4,8-11H,1-2,5-7,12-18H2;1H,(H,2,3). The Morgan fingerprint density at radius 2 is 1.18 bits per heavy atom. The molecular weight excluding hydrogens is 536 g/mol. The second-order valence-electron chi connectivity index (χ2n) is 7.12. The van der Waals surface area contributed by atoms with Gasteiger partial charge in [0.1, 0.15) is 26.4 Å². The van der Waals surface area contributed by atoms with Crippen molar-refractivity contribution in [1.29, 1.82) is 0 Å². The SMILES string of the molecule is C=CC(=O)OCCOC(=O)CCCc1ccc(CSC(=O)CCC(=O)OCCOC(=O)C=C)cc1.O=CS. The highest BCUT2D eigenvalue weighted by atomic mass is 32.2. The number of aryl methyl sites for hydroxylation is 1. The van der Waals surface area contributed by atoms with Crippen molar-refractivity contribution >= 4 is 59.0 Å². The maximum absolute atomic E-state index is 12.0. The van der Waals surface area contributed by atoms with Gasteiger partial charge in [0.25, 0.3) is 0 Å². The molecule has 0 spiro atoms. The summed E-state index contributed by atoms with van der Waals surface area (Å²) in [7, 11) is 0. The van der Waals surface area contributed by atoms with Crippen LogP contribution in [0.1, 0.15) is 36.8 Å². The Bertz CT molecular complexity index is 928. The van der Waals surface area contributed by atoms with Crippen LogP contribution in [-0.2, 0) is 59.9 Å². The summed E-state index contributed by atoms with van der Waals surface area (Å²) in [4.78, 5) is 65.7. The van der Waals surface area contributed by atoms with E-state index < -0.39 is 17.9 Å². The number of esters is 4. The van der Waals surface area contributed by atoms with Gasteiger partial charge in [-0.15, -0.1) is 12.6 Å². The number of thioether (sulfide) groups is 1. The fourth-order valence-electron chi connectivity index (χ4n) is 2.54. The largest absolute Gasteiger partial charge is 0.462 e. The number of benzene rings is 1. The summed E-state index contributed by atoms with van der Waals surface area (Å²) in [5.41, 5.74) is 2.46. The van der Waals surface area contributed by atoms with Gasteiger partial charge in [-0.3, -0.25) is 19.2 Å². The van der Waals surface area contributed by atoms with Crippen LogP contribution in [0.25, 0.3) is 0 Å². The van der Waals surface area contributed by atoms with Gasteiger partial charge in [-0.1, -0.05) is 49.2 Å². The number of hydrogen-bond acceptors (Lipinski definition) is 11. The van der Waals surface area contributed by atoms with E-state index in [2.05, 4.69) is 30.5 Å². The van der Waals surface area contributed by atoms with E-state index >= 15 is 0 Å². The molecule has 208 valence electrons. The smallest absolute Gasteiger partial charge is 0.330 e. The van der Waals surface area contributed by atoms with Crippen molar-refractivity contribution in [2.75, 3.05) is 26.4 Å². The first-order chi connectivity index (χ1) is 18.2. The fraction of sp³-hybridized carbons (Fsp3) is 0.385. The van der Waals surface area contributed by atoms with E-state index in [1.807, 2.05) is 24.3 Å². The zero-order chi connectivity index (χ0) is 28.6. The van der Waals surface area contributed by atoms with Crippen LogP contribution in [0.5, 0.6) is 0 Å². The average molecular weight is 569 g/mol. The molecule has 0 fully saturated rings. The third-order valence-corrected chi connectivity index (χ3v) is 5.32. The normalized spacial score (nSPS) is 9.61. The zero-order valence-electron chi connectivity index (χ0n) is 21.0. The third kappa shape index (κ3) is 19.8. The molecule has 12 heteroatoms. The lowest BCUT2D eigenvalue weighted by atomic mass is 10.1. The van der Waals surface area contributed by atoms with E-state index in [4.69, 9.17) is 19.0 Å². The van der Waals surface area contributed by atoms with Crippen LogP contribution >= 0.6 is 24.4 Å². The predicted molar refractivity (Wildman–Crippen MR) is 145 cm³/mol. The lowest BCUT2D eigenvalue weighted by Gasteiger charge is -2.06. The summed E-state index contributed by atoms with van der Waals surface area (Å²) < 4.78 is 19.3. The Balaban J connectivity index is 0.00000434.